The van der Waals surface area contributed by atoms with Gasteiger partial charge in [-0.15, -0.1) is 0 Å². The largest absolute Gasteiger partial charge is 0.337 e. The molecule has 0 spiro atoms. The molecule has 0 aromatic heterocycles. The minimum absolute atomic E-state index is 0.0404. The Labute approximate surface area is 115 Å². The molecule has 3 atom stereocenters. The van der Waals surface area contributed by atoms with Crippen molar-refractivity contribution in [2.45, 2.75) is 37.3 Å². The van der Waals surface area contributed by atoms with E-state index in [1.807, 2.05) is 6.92 Å². The van der Waals surface area contributed by atoms with E-state index in [0.717, 1.165) is 23.8 Å². The van der Waals surface area contributed by atoms with Crippen molar-refractivity contribution in [3.05, 3.63) is 32.4 Å². The van der Waals surface area contributed by atoms with Gasteiger partial charge in [-0.1, -0.05) is 13.3 Å². The standard InChI is InChI=1S/C12H17N3O5/c1-2-3-6-13-8-11(14(17)18)5-4-10(16)12(7-11,9-13)15(19)20/h4-5H,2-3,6-9H2,1H3/p+1. The molecule has 2 bridgehead atoms. The quantitative estimate of drug-likeness (QED) is 0.527. The average Bonchev–Trinajstić information content (AvgIpc) is 2.40. The number of piperidine rings is 1. The molecule has 1 aliphatic carbocycles. The van der Waals surface area contributed by atoms with Gasteiger partial charge in [-0.2, -0.15) is 0 Å². The minimum atomic E-state index is -1.83. The first-order valence-electron chi connectivity index (χ1n) is 6.72. The molecule has 20 heavy (non-hydrogen) atoms. The van der Waals surface area contributed by atoms with Gasteiger partial charge < -0.3 is 4.90 Å². The summed E-state index contributed by atoms with van der Waals surface area (Å²) < 4.78 is 0. The maximum absolute atomic E-state index is 12.0. The number of carbonyl (C=O) groups excluding carboxylic acids is 1. The Bertz CT molecular complexity index is 491. The van der Waals surface area contributed by atoms with Gasteiger partial charge in [0.15, 0.2) is 13.1 Å². The molecule has 1 N–H and O–H groups in total. The van der Waals surface area contributed by atoms with Gasteiger partial charge in [0.1, 0.15) is 6.42 Å². The SMILES string of the molecule is CCCC[NH+]1CC2([N+](=O)[O-])C=CC(=O)C([N+](=O)[O-])(C1)C2. The Morgan fingerprint density at radius 1 is 1.30 bits per heavy atom. The monoisotopic (exact) mass is 284 g/mol. The summed E-state index contributed by atoms with van der Waals surface area (Å²) in [6.45, 7) is 2.85. The van der Waals surface area contributed by atoms with E-state index in [1.54, 1.807) is 0 Å². The van der Waals surface area contributed by atoms with Gasteiger partial charge in [0, 0.05) is 15.9 Å². The summed E-state index contributed by atoms with van der Waals surface area (Å²) in [6, 6.07) is 0. The van der Waals surface area contributed by atoms with Crippen LogP contribution in [-0.2, 0) is 4.79 Å². The van der Waals surface area contributed by atoms with Gasteiger partial charge in [-0.05, 0) is 12.5 Å². The molecule has 0 aromatic carbocycles. The molecule has 3 unspecified atom stereocenters. The van der Waals surface area contributed by atoms with E-state index in [0.29, 0.717) is 6.54 Å². The summed E-state index contributed by atoms with van der Waals surface area (Å²) >= 11 is 0. The minimum Gasteiger partial charge on any atom is -0.322 e. The molecule has 8 heteroatoms. The lowest BCUT2D eigenvalue weighted by Crippen LogP contribution is -3.18. The number of fused-ring (bicyclic) bond motifs is 2. The Kier molecular flexibility index (Phi) is 3.59. The van der Waals surface area contributed by atoms with Crippen LogP contribution in [0.4, 0.5) is 0 Å². The van der Waals surface area contributed by atoms with Crippen LogP contribution in [0.2, 0.25) is 0 Å². The smallest absolute Gasteiger partial charge is 0.322 e. The van der Waals surface area contributed by atoms with E-state index >= 15 is 0 Å². The van der Waals surface area contributed by atoms with E-state index in [2.05, 4.69) is 0 Å². The first kappa shape index (κ1) is 14.6. The van der Waals surface area contributed by atoms with Crippen LogP contribution in [0.3, 0.4) is 0 Å². The molecular formula is C12H18N3O5+. The number of hydrogen-bond acceptors (Lipinski definition) is 5. The van der Waals surface area contributed by atoms with E-state index < -0.39 is 26.7 Å². The number of nitrogens with one attached hydrogen (secondary N) is 1. The highest BCUT2D eigenvalue weighted by atomic mass is 16.6. The maximum Gasteiger partial charge on any atom is 0.337 e. The molecule has 8 nitrogen and oxygen atoms in total. The third kappa shape index (κ3) is 2.09. The van der Waals surface area contributed by atoms with E-state index in [4.69, 9.17) is 0 Å². The number of ketones is 1. The molecule has 1 saturated heterocycles. The lowest BCUT2D eigenvalue weighted by molar-refractivity contribution is -0.940. The summed E-state index contributed by atoms with van der Waals surface area (Å²) in [5, 5.41) is 22.8. The second kappa shape index (κ2) is 4.93. The zero-order valence-corrected chi connectivity index (χ0v) is 11.3. The number of hydrogen-bond donors (Lipinski definition) is 1. The van der Waals surface area contributed by atoms with Crippen molar-refractivity contribution in [3.8, 4) is 0 Å². The van der Waals surface area contributed by atoms with Gasteiger partial charge in [0.05, 0.1) is 6.54 Å². The zero-order chi connectivity index (χ0) is 15.0. The number of rotatable bonds is 5. The lowest BCUT2D eigenvalue weighted by Gasteiger charge is -2.40. The summed E-state index contributed by atoms with van der Waals surface area (Å²) in [4.78, 5) is 34.4. The highest BCUT2D eigenvalue weighted by Gasteiger charge is 2.69. The van der Waals surface area contributed by atoms with Crippen LogP contribution in [0.25, 0.3) is 0 Å². The summed E-state index contributed by atoms with van der Waals surface area (Å²) in [5.74, 6) is -0.617. The van der Waals surface area contributed by atoms with Crippen molar-refractivity contribution in [2.75, 3.05) is 19.6 Å². The van der Waals surface area contributed by atoms with Crippen molar-refractivity contribution in [2.24, 2.45) is 0 Å². The third-order valence-corrected chi connectivity index (χ3v) is 4.30. The van der Waals surface area contributed by atoms with Crippen molar-refractivity contribution in [3.63, 3.8) is 0 Å². The fraction of sp³-hybridized carbons (Fsp3) is 0.750. The number of likely N-dealkylation sites (tertiary alicyclic amines) is 1. The fourth-order valence-electron chi connectivity index (χ4n) is 3.23. The van der Waals surface area contributed by atoms with Crippen molar-refractivity contribution in [1.29, 1.82) is 0 Å². The Morgan fingerprint density at radius 2 is 2.00 bits per heavy atom. The van der Waals surface area contributed by atoms with Crippen LogP contribution in [0.1, 0.15) is 26.2 Å². The fourth-order valence-corrected chi connectivity index (χ4v) is 3.23. The van der Waals surface area contributed by atoms with Gasteiger partial charge in [-0.3, -0.25) is 25.0 Å². The first-order valence-corrected chi connectivity index (χ1v) is 6.72. The number of unbranched alkanes of at least 4 members (excludes halogenated alkanes) is 1. The Morgan fingerprint density at radius 3 is 2.55 bits per heavy atom. The number of nitrogens with zero attached hydrogens (tertiary/aromatic N) is 2. The molecule has 2 aliphatic rings. The van der Waals surface area contributed by atoms with Crippen LogP contribution in [0, 0.1) is 20.2 Å². The van der Waals surface area contributed by atoms with E-state index in [9.17, 15) is 25.0 Å². The summed E-state index contributed by atoms with van der Waals surface area (Å²) in [6.07, 6.45) is 3.69. The highest BCUT2D eigenvalue weighted by molar-refractivity contribution is 5.98. The van der Waals surface area contributed by atoms with Gasteiger partial charge in [-0.25, -0.2) is 0 Å². The predicted molar refractivity (Wildman–Crippen MR) is 68.7 cm³/mol. The number of nitro groups is 2. The molecule has 1 aliphatic heterocycles. The molecule has 0 saturated carbocycles. The second-order valence-corrected chi connectivity index (χ2v) is 5.73. The molecule has 0 aromatic rings. The molecule has 1 heterocycles. The van der Waals surface area contributed by atoms with Gasteiger partial charge in [0.2, 0.25) is 5.78 Å². The van der Waals surface area contributed by atoms with Gasteiger partial charge >= 0.3 is 5.54 Å². The predicted octanol–water partition coefficient (Wildman–Crippen LogP) is -0.755. The normalized spacial score (nSPS) is 35.9. The Hall–Kier alpha value is -1.83. The second-order valence-electron chi connectivity index (χ2n) is 5.73. The Balaban J connectivity index is 2.41. The molecule has 1 fully saturated rings. The molecule has 0 radical (unpaired) electrons. The van der Waals surface area contributed by atoms with Crippen molar-refractivity contribution < 1.29 is 19.5 Å². The highest BCUT2D eigenvalue weighted by Crippen LogP contribution is 2.34. The van der Waals surface area contributed by atoms with Crippen molar-refractivity contribution >= 4 is 5.78 Å². The van der Waals surface area contributed by atoms with Crippen LogP contribution in [-0.4, -0.2) is 46.3 Å². The molecule has 110 valence electrons. The van der Waals surface area contributed by atoms with E-state index in [1.165, 1.54) is 6.08 Å². The van der Waals surface area contributed by atoms with Gasteiger partial charge in [0.25, 0.3) is 5.54 Å². The summed E-state index contributed by atoms with van der Waals surface area (Å²) in [7, 11) is 0. The van der Waals surface area contributed by atoms with E-state index in [-0.39, 0.29) is 19.5 Å². The van der Waals surface area contributed by atoms with Crippen LogP contribution < -0.4 is 4.90 Å². The topological polar surface area (TPSA) is 108 Å². The van der Waals surface area contributed by atoms with Crippen molar-refractivity contribution in [1.82, 2.24) is 0 Å². The number of carbonyl (C=O) groups is 1. The van der Waals surface area contributed by atoms with Crippen LogP contribution in [0.15, 0.2) is 12.2 Å². The number of quaternary nitrogens is 1. The zero-order valence-electron chi connectivity index (χ0n) is 11.3. The molecule has 2 rings (SSSR count). The van der Waals surface area contributed by atoms with Crippen LogP contribution in [0.5, 0.6) is 0 Å². The first-order chi connectivity index (χ1) is 9.36. The molecule has 0 amide bonds. The average molecular weight is 284 g/mol. The third-order valence-electron chi connectivity index (χ3n) is 4.30. The lowest BCUT2D eigenvalue weighted by atomic mass is 9.71. The van der Waals surface area contributed by atoms with Crippen LogP contribution >= 0.6 is 0 Å². The maximum atomic E-state index is 12.0. The molecular weight excluding hydrogens is 266 g/mol. The summed E-state index contributed by atoms with van der Waals surface area (Å²) in [5.41, 5.74) is -3.31.